The Hall–Kier alpha value is -2.62. The van der Waals surface area contributed by atoms with Gasteiger partial charge >= 0.3 is 0 Å². The Morgan fingerprint density at radius 3 is 2.48 bits per heavy atom. The number of amides is 2. The van der Waals surface area contributed by atoms with E-state index >= 15 is 0 Å². The topological polar surface area (TPSA) is 49.4 Å². The fraction of sp³-hybridized carbons (Fsp3) is 0.333. The van der Waals surface area contributed by atoms with Gasteiger partial charge in [0, 0.05) is 18.8 Å². The molecule has 2 aromatic carbocycles. The summed E-state index contributed by atoms with van der Waals surface area (Å²) in [5.74, 6) is -0.368. The summed E-state index contributed by atoms with van der Waals surface area (Å²) in [5.41, 5.74) is 2.17. The smallest absolute Gasteiger partial charge is 0.242 e. The number of para-hydroxylation sites is 1. The molecule has 0 atom stereocenters. The molecule has 1 aliphatic heterocycles. The first-order chi connectivity index (χ1) is 12.0. The van der Waals surface area contributed by atoms with Crippen molar-refractivity contribution in [3.8, 4) is 0 Å². The highest BCUT2D eigenvalue weighted by Crippen LogP contribution is 2.31. The molecule has 0 saturated heterocycles. The molecule has 0 bridgehead atoms. The van der Waals surface area contributed by atoms with Crippen molar-refractivity contribution in [1.29, 1.82) is 0 Å². The monoisotopic (exact) mass is 336 g/mol. The van der Waals surface area contributed by atoms with Crippen LogP contribution in [0.15, 0.2) is 54.6 Å². The van der Waals surface area contributed by atoms with Crippen molar-refractivity contribution in [3.05, 3.63) is 65.7 Å². The molecule has 1 N–H and O–H groups in total. The molecule has 4 nitrogen and oxygen atoms in total. The van der Waals surface area contributed by atoms with Crippen molar-refractivity contribution < 1.29 is 9.59 Å². The minimum Gasteiger partial charge on any atom is -0.355 e. The molecule has 0 radical (unpaired) electrons. The fourth-order valence-electron chi connectivity index (χ4n) is 3.17. The van der Waals surface area contributed by atoms with Crippen molar-refractivity contribution in [2.45, 2.75) is 26.7 Å². The fourth-order valence-corrected chi connectivity index (χ4v) is 3.17. The van der Waals surface area contributed by atoms with Crippen LogP contribution in [0.3, 0.4) is 0 Å². The number of rotatable bonds is 5. The summed E-state index contributed by atoms with van der Waals surface area (Å²) >= 11 is 0. The van der Waals surface area contributed by atoms with Crippen molar-refractivity contribution >= 4 is 17.5 Å². The number of hydrogen-bond donors (Lipinski definition) is 1. The molecule has 0 fully saturated rings. The second-order valence-corrected chi connectivity index (χ2v) is 6.95. The van der Waals surface area contributed by atoms with Gasteiger partial charge in [-0.15, -0.1) is 0 Å². The largest absolute Gasteiger partial charge is 0.355 e. The lowest BCUT2D eigenvalue weighted by atomic mass is 9.90. The molecule has 0 aliphatic carbocycles. The highest BCUT2D eigenvalue weighted by atomic mass is 16.2. The van der Waals surface area contributed by atoms with Gasteiger partial charge in [-0.2, -0.15) is 0 Å². The summed E-state index contributed by atoms with van der Waals surface area (Å²) < 4.78 is 0. The Kier molecular flexibility index (Phi) is 4.88. The Balaban J connectivity index is 1.62. The molecule has 25 heavy (non-hydrogen) atoms. The maximum atomic E-state index is 13.0. The average Bonchev–Trinajstić information content (AvgIpc) is 3.05. The second kappa shape index (κ2) is 7.09. The van der Waals surface area contributed by atoms with Crippen LogP contribution in [-0.2, 0) is 22.4 Å². The van der Waals surface area contributed by atoms with E-state index in [4.69, 9.17) is 0 Å². The van der Waals surface area contributed by atoms with Crippen LogP contribution < -0.4 is 10.2 Å². The molecule has 130 valence electrons. The van der Waals surface area contributed by atoms with Gasteiger partial charge in [-0.1, -0.05) is 48.5 Å². The number of benzene rings is 2. The van der Waals surface area contributed by atoms with E-state index in [0.29, 0.717) is 13.1 Å². The number of nitrogens with zero attached hydrogens (tertiary/aromatic N) is 1. The summed E-state index contributed by atoms with van der Waals surface area (Å²) in [6, 6.07) is 17.9. The predicted molar refractivity (Wildman–Crippen MR) is 99.4 cm³/mol. The zero-order chi connectivity index (χ0) is 17.9. The summed E-state index contributed by atoms with van der Waals surface area (Å²) in [5, 5.41) is 2.91. The Morgan fingerprint density at radius 1 is 1.04 bits per heavy atom. The van der Waals surface area contributed by atoms with Crippen LogP contribution in [0, 0.1) is 5.41 Å². The van der Waals surface area contributed by atoms with Gasteiger partial charge in [0.2, 0.25) is 11.8 Å². The number of anilines is 1. The molecular weight excluding hydrogens is 312 g/mol. The molecule has 0 spiro atoms. The van der Waals surface area contributed by atoms with Crippen molar-refractivity contribution in [2.75, 3.05) is 18.0 Å². The molecule has 0 aromatic heterocycles. The highest BCUT2D eigenvalue weighted by molar-refractivity contribution is 6.11. The van der Waals surface area contributed by atoms with E-state index < -0.39 is 5.41 Å². The highest BCUT2D eigenvalue weighted by Gasteiger charge is 2.41. The molecule has 1 heterocycles. The van der Waals surface area contributed by atoms with Gasteiger partial charge in [-0.25, -0.2) is 0 Å². The van der Waals surface area contributed by atoms with Gasteiger partial charge < -0.3 is 10.2 Å². The predicted octanol–water partition coefficient (Wildman–Crippen LogP) is 2.96. The third-order valence-corrected chi connectivity index (χ3v) is 4.78. The zero-order valence-electron chi connectivity index (χ0n) is 14.8. The lowest BCUT2D eigenvalue weighted by Crippen LogP contribution is -2.49. The molecule has 0 saturated carbocycles. The van der Waals surface area contributed by atoms with E-state index in [-0.39, 0.29) is 11.8 Å². The minimum atomic E-state index is -1.09. The molecule has 0 unspecified atom stereocenters. The maximum absolute atomic E-state index is 13.0. The third-order valence-electron chi connectivity index (χ3n) is 4.78. The summed E-state index contributed by atoms with van der Waals surface area (Å²) in [7, 11) is 0. The van der Waals surface area contributed by atoms with Crippen LogP contribution in [-0.4, -0.2) is 24.9 Å². The van der Waals surface area contributed by atoms with Crippen molar-refractivity contribution in [1.82, 2.24) is 5.32 Å². The Labute approximate surface area is 148 Å². The lowest BCUT2D eigenvalue weighted by molar-refractivity contribution is -0.139. The van der Waals surface area contributed by atoms with Crippen LogP contribution in [0.25, 0.3) is 0 Å². The number of carbonyl (C=O) groups is 2. The van der Waals surface area contributed by atoms with Crippen molar-refractivity contribution in [2.24, 2.45) is 5.41 Å². The number of nitrogens with one attached hydrogen (secondary N) is 1. The molecule has 4 heteroatoms. The van der Waals surface area contributed by atoms with E-state index in [1.807, 2.05) is 54.6 Å². The standard InChI is InChI=1S/C21H24N2O2/c1-21(2,19(24)22-14-12-16-8-4-3-5-9-16)20(25)23-15-13-17-10-6-7-11-18(17)23/h3-11H,12-15H2,1-2H3,(H,22,24). The van der Waals surface area contributed by atoms with Gasteiger partial charge in [0.05, 0.1) is 0 Å². The molecule has 2 amide bonds. The van der Waals surface area contributed by atoms with Gasteiger partial charge in [-0.05, 0) is 43.9 Å². The van der Waals surface area contributed by atoms with Gasteiger partial charge in [0.1, 0.15) is 5.41 Å². The Bertz CT molecular complexity index is 768. The van der Waals surface area contributed by atoms with Gasteiger partial charge in [0.25, 0.3) is 0 Å². The van der Waals surface area contributed by atoms with Gasteiger partial charge in [-0.3, -0.25) is 9.59 Å². The summed E-state index contributed by atoms with van der Waals surface area (Å²) in [4.78, 5) is 27.3. The second-order valence-electron chi connectivity index (χ2n) is 6.95. The van der Waals surface area contributed by atoms with Crippen molar-refractivity contribution in [3.63, 3.8) is 0 Å². The molecular formula is C21H24N2O2. The van der Waals surface area contributed by atoms with Crippen LogP contribution in [0.4, 0.5) is 5.69 Å². The van der Waals surface area contributed by atoms with Crippen LogP contribution in [0.2, 0.25) is 0 Å². The van der Waals surface area contributed by atoms with E-state index in [0.717, 1.165) is 24.1 Å². The SMILES string of the molecule is CC(C)(C(=O)NCCc1ccccc1)C(=O)N1CCc2ccccc21. The quantitative estimate of drug-likeness (QED) is 0.854. The van der Waals surface area contributed by atoms with E-state index in [2.05, 4.69) is 5.32 Å². The van der Waals surface area contributed by atoms with Crippen LogP contribution in [0.1, 0.15) is 25.0 Å². The van der Waals surface area contributed by atoms with Gasteiger partial charge in [0.15, 0.2) is 0 Å². The zero-order valence-corrected chi connectivity index (χ0v) is 14.8. The average molecular weight is 336 g/mol. The first kappa shape index (κ1) is 17.2. The molecule has 1 aliphatic rings. The van der Waals surface area contributed by atoms with E-state index in [1.165, 1.54) is 5.56 Å². The lowest BCUT2D eigenvalue weighted by Gasteiger charge is -2.28. The first-order valence-electron chi connectivity index (χ1n) is 8.72. The first-order valence-corrected chi connectivity index (χ1v) is 8.72. The number of hydrogen-bond acceptors (Lipinski definition) is 2. The Morgan fingerprint density at radius 2 is 1.72 bits per heavy atom. The normalized spacial score (nSPS) is 13.4. The van der Waals surface area contributed by atoms with Crippen LogP contribution in [0.5, 0.6) is 0 Å². The third kappa shape index (κ3) is 3.58. The summed E-state index contributed by atoms with van der Waals surface area (Å²) in [6.07, 6.45) is 1.59. The number of carbonyl (C=O) groups excluding carboxylic acids is 2. The molecule has 3 rings (SSSR count). The van der Waals surface area contributed by atoms with E-state index in [9.17, 15) is 9.59 Å². The van der Waals surface area contributed by atoms with Crippen LogP contribution >= 0.6 is 0 Å². The van der Waals surface area contributed by atoms with E-state index in [1.54, 1.807) is 18.7 Å². The molecule has 2 aromatic rings. The summed E-state index contributed by atoms with van der Waals surface area (Å²) in [6.45, 7) is 4.57. The minimum absolute atomic E-state index is 0.144. The number of fused-ring (bicyclic) bond motifs is 1. The maximum Gasteiger partial charge on any atom is 0.242 e.